The predicted octanol–water partition coefficient (Wildman–Crippen LogP) is 5.09. The van der Waals surface area contributed by atoms with Crippen molar-refractivity contribution < 1.29 is 4.39 Å². The van der Waals surface area contributed by atoms with Crippen molar-refractivity contribution in [2.75, 3.05) is 0 Å². The first-order chi connectivity index (χ1) is 9.04. The van der Waals surface area contributed by atoms with Crippen LogP contribution < -0.4 is 5.32 Å². The summed E-state index contributed by atoms with van der Waals surface area (Å²) in [5.41, 5.74) is 2.02. The summed E-state index contributed by atoms with van der Waals surface area (Å²) in [4.78, 5) is 0. The van der Waals surface area contributed by atoms with E-state index in [4.69, 9.17) is 11.6 Å². The molecule has 0 amide bonds. The van der Waals surface area contributed by atoms with Crippen molar-refractivity contribution in [3.8, 4) is 0 Å². The van der Waals surface area contributed by atoms with Crippen LogP contribution in [-0.4, -0.2) is 0 Å². The second-order valence-electron chi connectivity index (χ2n) is 4.44. The molecule has 19 heavy (non-hydrogen) atoms. The molecule has 0 aliphatic heterocycles. The molecule has 1 nitrogen and oxygen atoms in total. The molecule has 0 fully saturated rings. The maximum atomic E-state index is 13.2. The topological polar surface area (TPSA) is 12.0 Å². The van der Waals surface area contributed by atoms with E-state index in [1.807, 2.05) is 12.1 Å². The third kappa shape index (κ3) is 4.30. The van der Waals surface area contributed by atoms with E-state index in [0.29, 0.717) is 11.6 Å². The van der Waals surface area contributed by atoms with Gasteiger partial charge >= 0.3 is 0 Å². The fraction of sp³-hybridized carbons (Fsp3) is 0.200. The Balaban J connectivity index is 2.02. The van der Waals surface area contributed by atoms with Gasteiger partial charge in [-0.05, 0) is 48.4 Å². The summed E-state index contributed by atoms with van der Waals surface area (Å²) in [5, 5.41) is 3.77. The van der Waals surface area contributed by atoms with Gasteiger partial charge in [0, 0.05) is 22.1 Å². The number of rotatable bonds is 4. The lowest BCUT2D eigenvalue weighted by Gasteiger charge is -2.15. The first-order valence-corrected chi connectivity index (χ1v) is 7.15. The van der Waals surface area contributed by atoms with E-state index >= 15 is 0 Å². The number of hydrogen-bond donors (Lipinski definition) is 1. The summed E-state index contributed by atoms with van der Waals surface area (Å²) in [6.45, 7) is 2.65. The molecule has 100 valence electrons. The van der Waals surface area contributed by atoms with Gasteiger partial charge in [-0.25, -0.2) is 4.39 Å². The zero-order valence-electron chi connectivity index (χ0n) is 10.5. The number of benzene rings is 2. The SMILES string of the molecule is CC(NCc1cc(F)cc(Cl)c1)c1cccc(Br)c1. The molecule has 0 aliphatic carbocycles. The molecule has 1 atom stereocenters. The molecule has 0 radical (unpaired) electrons. The molecule has 0 saturated heterocycles. The monoisotopic (exact) mass is 341 g/mol. The second-order valence-corrected chi connectivity index (χ2v) is 5.79. The van der Waals surface area contributed by atoms with Crippen LogP contribution in [0.2, 0.25) is 5.02 Å². The fourth-order valence-corrected chi connectivity index (χ4v) is 2.54. The van der Waals surface area contributed by atoms with Crippen molar-refractivity contribution >= 4 is 27.5 Å². The molecule has 4 heteroatoms. The first kappa shape index (κ1) is 14.5. The number of hydrogen-bond acceptors (Lipinski definition) is 1. The predicted molar refractivity (Wildman–Crippen MR) is 80.8 cm³/mol. The van der Waals surface area contributed by atoms with Crippen LogP contribution in [0.25, 0.3) is 0 Å². The van der Waals surface area contributed by atoms with Gasteiger partial charge < -0.3 is 5.32 Å². The van der Waals surface area contributed by atoms with Gasteiger partial charge in [-0.2, -0.15) is 0 Å². The summed E-state index contributed by atoms with van der Waals surface area (Å²) < 4.78 is 14.3. The van der Waals surface area contributed by atoms with Crippen molar-refractivity contribution in [3.05, 3.63) is 68.9 Å². The zero-order valence-corrected chi connectivity index (χ0v) is 12.8. The van der Waals surface area contributed by atoms with E-state index in [2.05, 4.69) is 40.3 Å². The maximum Gasteiger partial charge on any atom is 0.125 e. The van der Waals surface area contributed by atoms with Gasteiger partial charge in [0.25, 0.3) is 0 Å². The van der Waals surface area contributed by atoms with E-state index in [1.165, 1.54) is 17.7 Å². The van der Waals surface area contributed by atoms with Gasteiger partial charge in [0.05, 0.1) is 0 Å². The highest BCUT2D eigenvalue weighted by Gasteiger charge is 2.06. The summed E-state index contributed by atoms with van der Waals surface area (Å²) in [5.74, 6) is -0.306. The molecule has 0 aliphatic rings. The third-order valence-corrected chi connectivity index (χ3v) is 3.59. The highest BCUT2D eigenvalue weighted by Crippen LogP contribution is 2.19. The van der Waals surface area contributed by atoms with Crippen molar-refractivity contribution in [2.24, 2.45) is 0 Å². The molecule has 2 rings (SSSR count). The van der Waals surface area contributed by atoms with E-state index in [-0.39, 0.29) is 11.9 Å². The van der Waals surface area contributed by atoms with E-state index in [0.717, 1.165) is 10.0 Å². The Labute approximate surface area is 125 Å². The van der Waals surface area contributed by atoms with Gasteiger partial charge in [0.15, 0.2) is 0 Å². The Morgan fingerprint density at radius 3 is 2.74 bits per heavy atom. The number of halogens is 3. The van der Waals surface area contributed by atoms with Crippen LogP contribution in [0.3, 0.4) is 0 Å². The molecule has 1 unspecified atom stereocenters. The summed E-state index contributed by atoms with van der Waals surface area (Å²) in [6, 6.07) is 12.9. The smallest absolute Gasteiger partial charge is 0.125 e. The molecule has 0 aromatic heterocycles. The largest absolute Gasteiger partial charge is 0.306 e. The molecular formula is C15H14BrClFN. The Morgan fingerprint density at radius 1 is 1.26 bits per heavy atom. The quantitative estimate of drug-likeness (QED) is 0.816. The van der Waals surface area contributed by atoms with E-state index < -0.39 is 0 Å². The number of nitrogens with one attached hydrogen (secondary N) is 1. The fourth-order valence-electron chi connectivity index (χ4n) is 1.88. The van der Waals surface area contributed by atoms with Crippen LogP contribution in [0.5, 0.6) is 0 Å². The Hall–Kier alpha value is -0.900. The average molecular weight is 343 g/mol. The lowest BCUT2D eigenvalue weighted by Crippen LogP contribution is -2.18. The van der Waals surface area contributed by atoms with Crippen LogP contribution in [-0.2, 0) is 6.54 Å². The van der Waals surface area contributed by atoms with Crippen LogP contribution in [0, 0.1) is 5.82 Å². The van der Waals surface area contributed by atoms with Gasteiger partial charge in [0.1, 0.15) is 5.82 Å². The van der Waals surface area contributed by atoms with Crippen molar-refractivity contribution in [2.45, 2.75) is 19.5 Å². The van der Waals surface area contributed by atoms with Gasteiger partial charge in [-0.1, -0.05) is 39.7 Å². The minimum Gasteiger partial charge on any atom is -0.306 e. The molecule has 2 aromatic carbocycles. The molecule has 1 N–H and O–H groups in total. The minimum atomic E-state index is -0.306. The molecule has 0 bridgehead atoms. The lowest BCUT2D eigenvalue weighted by molar-refractivity contribution is 0.569. The van der Waals surface area contributed by atoms with Crippen molar-refractivity contribution in [1.29, 1.82) is 0 Å². The Kier molecular flexibility index (Phi) is 4.97. The molecule has 0 spiro atoms. The van der Waals surface area contributed by atoms with Gasteiger partial charge in [-0.15, -0.1) is 0 Å². The Bertz CT molecular complexity index is 554. The Morgan fingerprint density at radius 2 is 2.05 bits per heavy atom. The van der Waals surface area contributed by atoms with Crippen LogP contribution >= 0.6 is 27.5 Å². The highest BCUT2D eigenvalue weighted by atomic mass is 79.9. The van der Waals surface area contributed by atoms with Crippen molar-refractivity contribution in [3.63, 3.8) is 0 Å². The van der Waals surface area contributed by atoms with Crippen molar-refractivity contribution in [1.82, 2.24) is 5.32 Å². The first-order valence-electron chi connectivity index (χ1n) is 5.98. The molecule has 0 heterocycles. The summed E-state index contributed by atoms with van der Waals surface area (Å²) >= 11 is 9.28. The van der Waals surface area contributed by atoms with Crippen LogP contribution in [0.4, 0.5) is 4.39 Å². The minimum absolute atomic E-state index is 0.180. The molecule has 2 aromatic rings. The highest BCUT2D eigenvalue weighted by molar-refractivity contribution is 9.10. The standard InChI is InChI=1S/C15H14BrClFN/c1-10(12-3-2-4-13(16)7-12)19-9-11-5-14(17)8-15(18)6-11/h2-8,10,19H,9H2,1H3. The summed E-state index contributed by atoms with van der Waals surface area (Å²) in [7, 11) is 0. The maximum absolute atomic E-state index is 13.2. The second kappa shape index (κ2) is 6.51. The van der Waals surface area contributed by atoms with Gasteiger partial charge in [-0.3, -0.25) is 0 Å². The molecular weight excluding hydrogens is 329 g/mol. The third-order valence-electron chi connectivity index (χ3n) is 2.88. The summed E-state index contributed by atoms with van der Waals surface area (Å²) in [6.07, 6.45) is 0. The lowest BCUT2D eigenvalue weighted by atomic mass is 10.1. The van der Waals surface area contributed by atoms with Crippen LogP contribution in [0.1, 0.15) is 24.1 Å². The van der Waals surface area contributed by atoms with E-state index in [9.17, 15) is 4.39 Å². The van der Waals surface area contributed by atoms with Crippen LogP contribution in [0.15, 0.2) is 46.9 Å². The zero-order chi connectivity index (χ0) is 13.8. The average Bonchev–Trinajstić information content (AvgIpc) is 2.35. The van der Waals surface area contributed by atoms with E-state index in [1.54, 1.807) is 6.07 Å². The van der Waals surface area contributed by atoms with Gasteiger partial charge in [0.2, 0.25) is 0 Å². The molecule has 0 saturated carbocycles. The normalized spacial score (nSPS) is 12.4.